The maximum atomic E-state index is 5.74. The minimum Gasteiger partial charge on any atom is -0.494 e. The highest BCUT2D eigenvalue weighted by Gasteiger charge is 2.09. The largest absolute Gasteiger partial charge is 0.494 e. The van der Waals surface area contributed by atoms with E-state index in [0.717, 1.165) is 30.4 Å². The van der Waals surface area contributed by atoms with Gasteiger partial charge in [-0.15, -0.1) is 0 Å². The topological polar surface area (TPSA) is 24.5 Å². The molecule has 1 atom stereocenters. The molecule has 114 valence electrons. The molecule has 1 aromatic rings. The Balaban J connectivity index is 2.72. The standard InChI is InChI=1S/C16H28N2OS/c1-6-19-16-8-7-14(13(2)17-3)11-15(16)12-20-10-9-18(4)5/h7-8,11,13,17H,6,9-10,12H2,1-5H3. The van der Waals surface area contributed by atoms with Crippen molar-refractivity contribution in [3.8, 4) is 5.75 Å². The first-order valence-corrected chi connectivity index (χ1v) is 8.39. The molecule has 0 aliphatic rings. The molecular formula is C16H28N2OS. The summed E-state index contributed by atoms with van der Waals surface area (Å²) in [6, 6.07) is 6.90. The van der Waals surface area contributed by atoms with Gasteiger partial charge in [-0.1, -0.05) is 6.07 Å². The third kappa shape index (κ3) is 5.73. The second kappa shape index (κ2) is 9.27. The molecule has 0 spiro atoms. The highest BCUT2D eigenvalue weighted by Crippen LogP contribution is 2.27. The lowest BCUT2D eigenvalue weighted by molar-refractivity contribution is 0.337. The van der Waals surface area contributed by atoms with Gasteiger partial charge in [-0.25, -0.2) is 0 Å². The molecule has 1 aromatic carbocycles. The number of rotatable bonds is 9. The van der Waals surface area contributed by atoms with Gasteiger partial charge in [0.1, 0.15) is 5.75 Å². The predicted octanol–water partition coefficient (Wildman–Crippen LogP) is 3.16. The highest BCUT2D eigenvalue weighted by atomic mass is 32.2. The highest BCUT2D eigenvalue weighted by molar-refractivity contribution is 7.98. The van der Waals surface area contributed by atoms with Crippen molar-refractivity contribution in [1.29, 1.82) is 0 Å². The molecule has 0 bridgehead atoms. The number of benzene rings is 1. The second-order valence-corrected chi connectivity index (χ2v) is 6.27. The fourth-order valence-electron chi connectivity index (χ4n) is 1.87. The number of ether oxygens (including phenoxy) is 1. The summed E-state index contributed by atoms with van der Waals surface area (Å²) >= 11 is 1.96. The van der Waals surface area contributed by atoms with E-state index in [0.29, 0.717) is 6.04 Å². The van der Waals surface area contributed by atoms with Crippen LogP contribution in [-0.4, -0.2) is 44.9 Å². The Kier molecular flexibility index (Phi) is 8.04. The first kappa shape index (κ1) is 17.3. The van der Waals surface area contributed by atoms with Gasteiger partial charge in [-0.3, -0.25) is 0 Å². The zero-order valence-electron chi connectivity index (χ0n) is 13.4. The van der Waals surface area contributed by atoms with E-state index < -0.39 is 0 Å². The van der Waals surface area contributed by atoms with Crippen molar-refractivity contribution in [3.63, 3.8) is 0 Å². The summed E-state index contributed by atoms with van der Waals surface area (Å²) in [5.74, 6) is 3.18. The van der Waals surface area contributed by atoms with E-state index >= 15 is 0 Å². The lowest BCUT2D eigenvalue weighted by atomic mass is 10.1. The molecular weight excluding hydrogens is 268 g/mol. The molecule has 1 rings (SSSR count). The normalized spacial score (nSPS) is 12.7. The lowest BCUT2D eigenvalue weighted by Crippen LogP contribution is -2.15. The average molecular weight is 296 g/mol. The molecule has 1 N–H and O–H groups in total. The van der Waals surface area contributed by atoms with Crippen LogP contribution in [0.3, 0.4) is 0 Å². The molecule has 0 aliphatic carbocycles. The lowest BCUT2D eigenvalue weighted by Gasteiger charge is -2.16. The third-order valence-corrected chi connectivity index (χ3v) is 4.24. The van der Waals surface area contributed by atoms with Gasteiger partial charge in [0.05, 0.1) is 6.61 Å². The Morgan fingerprint density at radius 1 is 1.35 bits per heavy atom. The summed E-state index contributed by atoms with van der Waals surface area (Å²) in [5, 5.41) is 3.29. The number of hydrogen-bond acceptors (Lipinski definition) is 4. The van der Waals surface area contributed by atoms with Crippen LogP contribution in [0.1, 0.15) is 31.0 Å². The molecule has 0 radical (unpaired) electrons. The quantitative estimate of drug-likeness (QED) is 0.708. The Morgan fingerprint density at radius 3 is 2.70 bits per heavy atom. The molecule has 3 nitrogen and oxygen atoms in total. The van der Waals surface area contributed by atoms with Crippen molar-refractivity contribution in [2.24, 2.45) is 0 Å². The van der Waals surface area contributed by atoms with Crippen LogP contribution in [0, 0.1) is 0 Å². The van der Waals surface area contributed by atoms with Crippen LogP contribution in [0.2, 0.25) is 0 Å². The fraction of sp³-hybridized carbons (Fsp3) is 0.625. The van der Waals surface area contributed by atoms with Crippen LogP contribution in [0.5, 0.6) is 5.75 Å². The van der Waals surface area contributed by atoms with Gasteiger partial charge in [-0.05, 0) is 52.7 Å². The number of hydrogen-bond donors (Lipinski definition) is 1. The van der Waals surface area contributed by atoms with Gasteiger partial charge in [0.25, 0.3) is 0 Å². The van der Waals surface area contributed by atoms with Crippen molar-refractivity contribution in [2.45, 2.75) is 25.6 Å². The monoisotopic (exact) mass is 296 g/mol. The first-order chi connectivity index (χ1) is 9.58. The molecule has 0 aromatic heterocycles. The van der Waals surface area contributed by atoms with Gasteiger partial charge in [-0.2, -0.15) is 11.8 Å². The molecule has 20 heavy (non-hydrogen) atoms. The molecule has 0 heterocycles. The minimum absolute atomic E-state index is 0.371. The summed E-state index contributed by atoms with van der Waals surface area (Å²) in [7, 11) is 6.22. The van der Waals surface area contributed by atoms with E-state index in [1.165, 1.54) is 11.1 Å². The Bertz CT molecular complexity index is 396. The van der Waals surface area contributed by atoms with Gasteiger partial charge in [0.15, 0.2) is 0 Å². The summed E-state index contributed by atoms with van der Waals surface area (Å²) in [4.78, 5) is 2.22. The first-order valence-electron chi connectivity index (χ1n) is 7.23. The maximum Gasteiger partial charge on any atom is 0.123 e. The van der Waals surface area contributed by atoms with E-state index in [1.54, 1.807) is 0 Å². The van der Waals surface area contributed by atoms with E-state index in [9.17, 15) is 0 Å². The van der Waals surface area contributed by atoms with Crippen LogP contribution >= 0.6 is 11.8 Å². The van der Waals surface area contributed by atoms with E-state index in [1.807, 2.05) is 25.7 Å². The van der Waals surface area contributed by atoms with Gasteiger partial charge in [0.2, 0.25) is 0 Å². The molecule has 0 saturated carbocycles. The van der Waals surface area contributed by atoms with Crippen molar-refractivity contribution >= 4 is 11.8 Å². The Hall–Kier alpha value is -0.710. The smallest absolute Gasteiger partial charge is 0.123 e. The Morgan fingerprint density at radius 2 is 2.10 bits per heavy atom. The minimum atomic E-state index is 0.371. The van der Waals surface area contributed by atoms with E-state index in [2.05, 4.69) is 49.4 Å². The van der Waals surface area contributed by atoms with Crippen molar-refractivity contribution in [3.05, 3.63) is 29.3 Å². The molecule has 0 saturated heterocycles. The van der Waals surface area contributed by atoms with Crippen molar-refractivity contribution in [2.75, 3.05) is 40.0 Å². The molecule has 0 amide bonds. The van der Waals surface area contributed by atoms with Gasteiger partial charge >= 0.3 is 0 Å². The van der Waals surface area contributed by atoms with Crippen LogP contribution in [0.4, 0.5) is 0 Å². The third-order valence-electron chi connectivity index (χ3n) is 3.26. The van der Waals surface area contributed by atoms with Gasteiger partial charge in [0, 0.05) is 29.7 Å². The maximum absolute atomic E-state index is 5.74. The van der Waals surface area contributed by atoms with E-state index in [-0.39, 0.29) is 0 Å². The number of nitrogens with one attached hydrogen (secondary N) is 1. The van der Waals surface area contributed by atoms with Crippen molar-refractivity contribution in [1.82, 2.24) is 10.2 Å². The zero-order valence-corrected chi connectivity index (χ0v) is 14.2. The molecule has 0 fully saturated rings. The zero-order chi connectivity index (χ0) is 15.0. The summed E-state index contributed by atoms with van der Waals surface area (Å²) in [6.07, 6.45) is 0. The number of nitrogens with zero attached hydrogens (tertiary/aromatic N) is 1. The van der Waals surface area contributed by atoms with Crippen LogP contribution < -0.4 is 10.1 Å². The van der Waals surface area contributed by atoms with Crippen molar-refractivity contribution < 1.29 is 4.74 Å². The summed E-state index contributed by atoms with van der Waals surface area (Å²) < 4.78 is 5.74. The SMILES string of the molecule is CCOc1ccc(C(C)NC)cc1CSCCN(C)C. The van der Waals surface area contributed by atoms with Gasteiger partial charge < -0.3 is 15.0 Å². The average Bonchev–Trinajstić information content (AvgIpc) is 2.44. The molecule has 0 aliphatic heterocycles. The number of thioether (sulfide) groups is 1. The molecule has 1 unspecified atom stereocenters. The van der Waals surface area contributed by atoms with E-state index in [4.69, 9.17) is 4.74 Å². The summed E-state index contributed by atoms with van der Waals surface area (Å²) in [6.45, 7) is 6.04. The predicted molar refractivity (Wildman–Crippen MR) is 89.8 cm³/mol. The second-order valence-electron chi connectivity index (χ2n) is 5.17. The Labute approximate surface area is 128 Å². The fourth-order valence-corrected chi connectivity index (χ4v) is 2.96. The van der Waals surface area contributed by atoms with Crippen LogP contribution in [-0.2, 0) is 5.75 Å². The van der Waals surface area contributed by atoms with Crippen LogP contribution in [0.25, 0.3) is 0 Å². The van der Waals surface area contributed by atoms with Crippen LogP contribution in [0.15, 0.2) is 18.2 Å². The summed E-state index contributed by atoms with van der Waals surface area (Å²) in [5.41, 5.74) is 2.62. The molecule has 4 heteroatoms.